The summed E-state index contributed by atoms with van der Waals surface area (Å²) in [6.45, 7) is -0.475. The third-order valence-electron chi connectivity index (χ3n) is 2.51. The van der Waals surface area contributed by atoms with Crippen LogP contribution in [-0.2, 0) is 4.74 Å². The van der Waals surface area contributed by atoms with E-state index in [1.807, 2.05) is 0 Å². The van der Waals surface area contributed by atoms with E-state index in [-0.39, 0.29) is 19.8 Å². The lowest BCUT2D eigenvalue weighted by atomic mass is 10.3. The molecule has 1 aromatic carbocycles. The molecule has 8 heteroatoms. The van der Waals surface area contributed by atoms with Gasteiger partial charge in [0.05, 0.1) is 34.0 Å². The Kier molecular flexibility index (Phi) is 4.81. The van der Waals surface area contributed by atoms with Gasteiger partial charge in [0.1, 0.15) is 12.7 Å². The van der Waals surface area contributed by atoms with E-state index in [0.29, 0.717) is 20.8 Å². The maximum Gasteiger partial charge on any atom is 0.229 e. The molecule has 104 valence electrons. The highest BCUT2D eigenvalue weighted by Crippen LogP contribution is 2.25. The van der Waals surface area contributed by atoms with E-state index >= 15 is 0 Å². The van der Waals surface area contributed by atoms with Crippen LogP contribution in [0.15, 0.2) is 22.1 Å². The second-order valence-corrected chi connectivity index (χ2v) is 6.08. The van der Waals surface area contributed by atoms with Gasteiger partial charge in [-0.2, -0.15) is 0 Å². The van der Waals surface area contributed by atoms with Crippen LogP contribution in [0.2, 0.25) is 10.0 Å². The average Bonchev–Trinajstić information content (AvgIpc) is 2.67. The van der Waals surface area contributed by atoms with Crippen molar-refractivity contribution in [2.45, 2.75) is 10.7 Å². The molecule has 2 rings (SSSR count). The van der Waals surface area contributed by atoms with Crippen molar-refractivity contribution in [2.75, 3.05) is 19.8 Å². The molecule has 0 atom stereocenters. The van der Waals surface area contributed by atoms with Crippen LogP contribution in [0.5, 0.6) is 0 Å². The van der Waals surface area contributed by atoms with Crippen LogP contribution in [0.1, 0.15) is 0 Å². The van der Waals surface area contributed by atoms with E-state index in [0.717, 1.165) is 0 Å². The van der Waals surface area contributed by atoms with Crippen molar-refractivity contribution in [1.29, 1.82) is 0 Å². The lowest BCUT2D eigenvalue weighted by molar-refractivity contribution is -0.0262. The van der Waals surface area contributed by atoms with Crippen LogP contribution in [0, 0.1) is 0 Å². The molecule has 1 aliphatic rings. The van der Waals surface area contributed by atoms with Gasteiger partial charge < -0.3 is 14.9 Å². The number of halogens is 3. The van der Waals surface area contributed by atoms with Crippen molar-refractivity contribution in [2.24, 2.45) is 9.98 Å². The van der Waals surface area contributed by atoms with Gasteiger partial charge in [0.15, 0.2) is 0 Å². The van der Waals surface area contributed by atoms with Crippen molar-refractivity contribution >= 4 is 39.1 Å². The first-order valence-corrected chi connectivity index (χ1v) is 6.99. The number of hydrogen-bond donors (Lipinski definition) is 2. The van der Waals surface area contributed by atoms with Crippen molar-refractivity contribution in [3.05, 3.63) is 32.9 Å². The van der Waals surface area contributed by atoms with E-state index in [2.05, 4.69) is 25.9 Å². The van der Waals surface area contributed by atoms with Gasteiger partial charge >= 0.3 is 0 Å². The van der Waals surface area contributed by atoms with Gasteiger partial charge in [0.25, 0.3) is 0 Å². The molecule has 0 aliphatic carbocycles. The summed E-state index contributed by atoms with van der Waals surface area (Å²) in [7, 11) is 0. The van der Waals surface area contributed by atoms with E-state index in [1.54, 1.807) is 12.1 Å². The number of alkyl halides is 1. The second-order valence-electron chi connectivity index (χ2n) is 4.00. The molecular weight excluding hydrogens is 359 g/mol. The Bertz CT molecular complexity index is 551. The zero-order valence-corrected chi connectivity index (χ0v) is 12.8. The molecule has 0 saturated carbocycles. The molecule has 0 fully saturated rings. The lowest BCUT2D eigenvalue weighted by Crippen LogP contribution is -2.30. The molecule has 0 bridgehead atoms. The molecule has 1 aromatic rings. The molecule has 2 N–H and O–H groups in total. The van der Waals surface area contributed by atoms with Crippen LogP contribution in [0.4, 0.5) is 0 Å². The number of aliphatic hydroxyl groups excluding tert-OH is 2. The number of hydrogen-bond acceptors (Lipinski definition) is 5. The Hall–Kier alpha value is -0.240. The minimum absolute atomic E-state index is 0.0721. The van der Waals surface area contributed by atoms with E-state index < -0.39 is 10.7 Å². The number of fused-ring (bicyclic) bond motifs is 1. The fourth-order valence-electron chi connectivity index (χ4n) is 1.55. The summed E-state index contributed by atoms with van der Waals surface area (Å²) in [5, 5.41) is 19.9. The van der Waals surface area contributed by atoms with Crippen LogP contribution >= 0.6 is 39.1 Å². The molecule has 0 saturated heterocycles. The number of benzene rings is 1. The van der Waals surface area contributed by atoms with E-state index in [1.165, 1.54) is 0 Å². The van der Waals surface area contributed by atoms with Crippen LogP contribution in [-0.4, -0.2) is 40.7 Å². The predicted octanol–water partition coefficient (Wildman–Crippen LogP) is 0.665. The van der Waals surface area contributed by atoms with Crippen LogP contribution < -0.4 is 10.7 Å². The maximum atomic E-state index is 8.93. The first-order chi connectivity index (χ1) is 8.97. The highest BCUT2D eigenvalue weighted by molar-refractivity contribution is 9.10. The number of rotatable bonds is 5. The topological polar surface area (TPSA) is 74.4 Å². The molecule has 1 heterocycles. The van der Waals surface area contributed by atoms with Gasteiger partial charge in [0.2, 0.25) is 4.57 Å². The Morgan fingerprint density at radius 2 is 1.63 bits per heavy atom. The molecule has 0 spiro atoms. The third kappa shape index (κ3) is 3.45. The zero-order chi connectivity index (χ0) is 14.0. The van der Waals surface area contributed by atoms with Gasteiger partial charge in [-0.25, -0.2) is 9.98 Å². The summed E-state index contributed by atoms with van der Waals surface area (Å²) in [6, 6.07) is 3.25. The normalized spacial score (nSPS) is 16.1. The summed E-state index contributed by atoms with van der Waals surface area (Å²) < 4.78 is 4.34. The van der Waals surface area contributed by atoms with Crippen molar-refractivity contribution in [3.8, 4) is 0 Å². The minimum atomic E-state index is -0.980. The zero-order valence-electron chi connectivity index (χ0n) is 9.68. The number of aliphatic hydroxyl groups is 2. The first kappa shape index (κ1) is 15.2. The van der Waals surface area contributed by atoms with Gasteiger partial charge in [0, 0.05) is 0 Å². The average molecular weight is 370 g/mol. The van der Waals surface area contributed by atoms with E-state index in [9.17, 15) is 0 Å². The fourth-order valence-corrected chi connectivity index (χ4v) is 2.38. The van der Waals surface area contributed by atoms with Crippen LogP contribution in [0.3, 0.4) is 0 Å². The summed E-state index contributed by atoms with van der Waals surface area (Å²) in [6.07, 6.45) is -0.657. The first-order valence-electron chi connectivity index (χ1n) is 5.44. The second kappa shape index (κ2) is 6.03. The summed E-state index contributed by atoms with van der Waals surface area (Å²) in [5.41, 5.74) is 0. The van der Waals surface area contributed by atoms with Gasteiger partial charge in [-0.3, -0.25) is 0 Å². The molecule has 0 radical (unpaired) electrons. The Labute approximate surface area is 127 Å². The monoisotopic (exact) mass is 368 g/mol. The molecule has 0 aromatic heterocycles. The standard InChI is InChI=1S/C11H11BrCl2N2O3/c12-11(5-19-6(3-17)4-18)15-9-1-7(13)8(14)2-10(9)16-11/h1-2,6,17-18H,3-5H2. The molecule has 19 heavy (non-hydrogen) atoms. The summed E-state index contributed by atoms with van der Waals surface area (Å²) >= 11 is 15.2. The Morgan fingerprint density at radius 3 is 2.05 bits per heavy atom. The minimum Gasteiger partial charge on any atom is -0.394 e. The smallest absolute Gasteiger partial charge is 0.229 e. The third-order valence-corrected chi connectivity index (χ3v) is 3.82. The maximum absolute atomic E-state index is 8.93. The highest BCUT2D eigenvalue weighted by Gasteiger charge is 2.29. The molecule has 1 aliphatic heterocycles. The highest BCUT2D eigenvalue weighted by atomic mass is 79.9. The SMILES string of the molecule is OCC(CO)OCC1(Br)N=c2cc(Cl)c(Cl)cc2=N1. The number of nitrogens with zero attached hydrogens (tertiary/aromatic N) is 2. The fraction of sp³-hybridized carbons (Fsp3) is 0.455. The van der Waals surface area contributed by atoms with Gasteiger partial charge in [-0.15, -0.1) is 0 Å². The molecule has 0 unspecified atom stereocenters. The Balaban J connectivity index is 2.21. The number of ether oxygens (including phenoxy) is 1. The van der Waals surface area contributed by atoms with Gasteiger partial charge in [-0.1, -0.05) is 23.2 Å². The van der Waals surface area contributed by atoms with Crippen molar-refractivity contribution in [1.82, 2.24) is 0 Å². The van der Waals surface area contributed by atoms with Gasteiger partial charge in [-0.05, 0) is 28.1 Å². The molecule has 0 amide bonds. The van der Waals surface area contributed by atoms with Crippen molar-refractivity contribution < 1.29 is 14.9 Å². The Morgan fingerprint density at radius 1 is 1.16 bits per heavy atom. The molecular formula is C11H11BrCl2N2O3. The largest absolute Gasteiger partial charge is 0.394 e. The predicted molar refractivity (Wildman–Crippen MR) is 74.3 cm³/mol. The van der Waals surface area contributed by atoms with E-state index in [4.69, 9.17) is 38.2 Å². The quantitative estimate of drug-likeness (QED) is 0.591. The summed E-state index contributed by atoms with van der Waals surface area (Å²) in [4.78, 5) is 8.69. The van der Waals surface area contributed by atoms with Crippen LogP contribution in [0.25, 0.3) is 0 Å². The summed E-state index contributed by atoms with van der Waals surface area (Å²) in [5.74, 6) is 0. The van der Waals surface area contributed by atoms with Crippen molar-refractivity contribution in [3.63, 3.8) is 0 Å². The molecule has 5 nitrogen and oxygen atoms in total. The lowest BCUT2D eigenvalue weighted by Gasteiger charge is -2.19.